The van der Waals surface area contributed by atoms with Gasteiger partial charge < -0.3 is 14.6 Å². The lowest BCUT2D eigenvalue weighted by Gasteiger charge is -2.17. The number of rotatable bonds is 9. The lowest BCUT2D eigenvalue weighted by Crippen LogP contribution is -2.07. The first-order chi connectivity index (χ1) is 14.2. The molecule has 0 aliphatic heterocycles. The summed E-state index contributed by atoms with van der Waals surface area (Å²) in [4.78, 5) is 2.60. The zero-order chi connectivity index (χ0) is 20.5. The Kier molecular flexibility index (Phi) is 7.05. The third-order valence-electron chi connectivity index (χ3n) is 4.21. The third-order valence-corrected chi connectivity index (χ3v) is 4.21. The number of hydrogen-bond acceptors (Lipinski definition) is 4. The van der Waals surface area contributed by atoms with Crippen LogP contribution in [0.4, 0.5) is 4.39 Å². The van der Waals surface area contributed by atoms with Gasteiger partial charge in [0.25, 0.3) is 0 Å². The van der Waals surface area contributed by atoms with Gasteiger partial charge in [0.1, 0.15) is 19.0 Å². The zero-order valence-corrected chi connectivity index (χ0v) is 15.6. The van der Waals surface area contributed by atoms with Gasteiger partial charge >= 0.3 is 0 Å². The molecule has 0 heterocycles. The van der Waals surface area contributed by atoms with E-state index in [-0.39, 0.29) is 31.1 Å². The van der Waals surface area contributed by atoms with Crippen LogP contribution >= 0.6 is 0 Å². The summed E-state index contributed by atoms with van der Waals surface area (Å²) in [6.45, 7) is 0.207. The fourth-order valence-electron chi connectivity index (χ4n) is 2.71. The van der Waals surface area contributed by atoms with Gasteiger partial charge in [0.05, 0.1) is 12.6 Å². The number of halogens is 1. The summed E-state index contributed by atoms with van der Waals surface area (Å²) < 4.78 is 26.2. The van der Waals surface area contributed by atoms with Crippen molar-refractivity contribution in [1.82, 2.24) is 0 Å². The molecular weight excluding hydrogens is 373 g/mol. The van der Waals surface area contributed by atoms with Crippen LogP contribution in [0.25, 0.3) is 10.4 Å². The number of aliphatic hydroxyl groups excluding tert-OH is 1. The van der Waals surface area contributed by atoms with Crippen LogP contribution in [0.5, 0.6) is 11.5 Å². The molecule has 1 N–H and O–H groups in total. The molecule has 3 aromatic carbocycles. The van der Waals surface area contributed by atoms with E-state index in [1.165, 1.54) is 12.1 Å². The van der Waals surface area contributed by atoms with Crippen LogP contribution in [0.2, 0.25) is 0 Å². The van der Waals surface area contributed by atoms with Crippen LogP contribution in [-0.4, -0.2) is 11.7 Å². The zero-order valence-electron chi connectivity index (χ0n) is 15.6. The highest BCUT2D eigenvalue weighted by molar-refractivity contribution is 5.45. The first kappa shape index (κ1) is 20.2. The van der Waals surface area contributed by atoms with E-state index in [2.05, 4.69) is 10.0 Å². The van der Waals surface area contributed by atoms with Crippen LogP contribution < -0.4 is 9.47 Å². The summed E-state index contributed by atoms with van der Waals surface area (Å²) in [6.07, 6.45) is -1.28. The number of aliphatic hydroxyl groups is 1. The van der Waals surface area contributed by atoms with Crippen LogP contribution in [-0.2, 0) is 13.2 Å². The van der Waals surface area contributed by atoms with Gasteiger partial charge in [-0.1, -0.05) is 65.8 Å². The van der Waals surface area contributed by atoms with Crippen molar-refractivity contribution in [3.05, 3.63) is 106 Å². The Labute approximate surface area is 167 Å². The summed E-state index contributed by atoms with van der Waals surface area (Å²) in [5.74, 6) is -0.149. The molecule has 0 amide bonds. The van der Waals surface area contributed by atoms with Gasteiger partial charge in [-0.05, 0) is 22.7 Å². The van der Waals surface area contributed by atoms with E-state index in [1.54, 1.807) is 0 Å². The van der Waals surface area contributed by atoms with Crippen LogP contribution in [0.15, 0.2) is 77.9 Å². The number of azide groups is 1. The molecule has 29 heavy (non-hydrogen) atoms. The summed E-state index contributed by atoms with van der Waals surface area (Å²) in [5.41, 5.74) is 10.3. The van der Waals surface area contributed by atoms with Crippen LogP contribution in [0.3, 0.4) is 0 Å². The Bertz CT molecular complexity index is 977. The van der Waals surface area contributed by atoms with Crippen molar-refractivity contribution in [1.29, 1.82) is 0 Å². The molecule has 3 aromatic rings. The fraction of sp³-hybridized carbons (Fsp3) is 0.182. The Morgan fingerprint density at radius 2 is 1.41 bits per heavy atom. The molecule has 0 saturated carbocycles. The first-order valence-corrected chi connectivity index (χ1v) is 9.03. The minimum absolute atomic E-state index is 0.0208. The van der Waals surface area contributed by atoms with Crippen molar-refractivity contribution in [3.63, 3.8) is 0 Å². The molecule has 7 heteroatoms. The average molecular weight is 393 g/mol. The number of benzene rings is 3. The summed E-state index contributed by atoms with van der Waals surface area (Å²) in [5, 5.41) is 13.4. The molecule has 0 aliphatic rings. The molecule has 0 bridgehead atoms. The number of hydrogen-bond donors (Lipinski definition) is 1. The van der Waals surface area contributed by atoms with E-state index in [0.29, 0.717) is 5.75 Å². The minimum atomic E-state index is -1.28. The molecule has 0 fully saturated rings. The number of ether oxygens (including phenoxy) is 2. The molecule has 0 radical (unpaired) electrons. The van der Waals surface area contributed by atoms with Gasteiger partial charge in [0, 0.05) is 16.5 Å². The SMILES string of the molecule is [N-]=[N+]=NC[C@H](O)c1cc(OCc2ccccc2)c(OCc2ccccc2)cc1F. The van der Waals surface area contributed by atoms with Gasteiger partial charge in [0.2, 0.25) is 0 Å². The molecule has 6 nitrogen and oxygen atoms in total. The van der Waals surface area contributed by atoms with Gasteiger partial charge in [-0.25, -0.2) is 4.39 Å². The third kappa shape index (κ3) is 5.72. The van der Waals surface area contributed by atoms with Gasteiger partial charge in [-0.15, -0.1) is 0 Å². The van der Waals surface area contributed by atoms with E-state index < -0.39 is 11.9 Å². The maximum atomic E-state index is 14.6. The molecular formula is C22H20FN3O3. The number of nitrogens with zero attached hydrogens (tertiary/aromatic N) is 3. The second-order valence-corrected chi connectivity index (χ2v) is 6.30. The van der Waals surface area contributed by atoms with Crippen molar-refractivity contribution in [3.8, 4) is 11.5 Å². The highest BCUT2D eigenvalue weighted by Crippen LogP contribution is 2.34. The van der Waals surface area contributed by atoms with Crippen LogP contribution in [0.1, 0.15) is 22.8 Å². The minimum Gasteiger partial charge on any atom is -0.485 e. The average Bonchev–Trinajstić information content (AvgIpc) is 2.76. The maximum absolute atomic E-state index is 14.6. The van der Waals surface area contributed by atoms with Gasteiger partial charge in [-0.3, -0.25) is 0 Å². The largest absolute Gasteiger partial charge is 0.485 e. The quantitative estimate of drug-likeness (QED) is 0.303. The van der Waals surface area contributed by atoms with E-state index in [4.69, 9.17) is 15.0 Å². The summed E-state index contributed by atoms with van der Waals surface area (Å²) in [7, 11) is 0. The van der Waals surface area contributed by atoms with E-state index >= 15 is 0 Å². The van der Waals surface area contributed by atoms with E-state index in [1.807, 2.05) is 60.7 Å². The van der Waals surface area contributed by atoms with Crippen LogP contribution in [0, 0.1) is 5.82 Å². The highest BCUT2D eigenvalue weighted by atomic mass is 19.1. The van der Waals surface area contributed by atoms with Crippen molar-refractivity contribution in [2.75, 3.05) is 6.54 Å². The topological polar surface area (TPSA) is 87.5 Å². The molecule has 0 unspecified atom stereocenters. The van der Waals surface area contributed by atoms with Crippen molar-refractivity contribution >= 4 is 0 Å². The fourth-order valence-corrected chi connectivity index (χ4v) is 2.71. The smallest absolute Gasteiger partial charge is 0.164 e. The standard InChI is InChI=1S/C22H20FN3O3/c23-19-12-22(29-15-17-9-5-2-6-10-17)21(11-18(19)20(27)13-25-26-24)28-14-16-7-3-1-4-8-16/h1-12,20,27H,13-15H2/t20-/m0/s1. The molecule has 0 aliphatic carbocycles. The summed E-state index contributed by atoms with van der Waals surface area (Å²) >= 11 is 0. The Hall–Kier alpha value is -3.54. The lowest BCUT2D eigenvalue weighted by atomic mass is 10.1. The van der Waals surface area contributed by atoms with Crippen molar-refractivity contribution < 1.29 is 19.0 Å². The van der Waals surface area contributed by atoms with Gasteiger partial charge in [0.15, 0.2) is 11.5 Å². The maximum Gasteiger partial charge on any atom is 0.164 e. The molecule has 3 rings (SSSR count). The molecule has 1 atom stereocenters. The van der Waals surface area contributed by atoms with E-state index in [9.17, 15) is 9.50 Å². The Morgan fingerprint density at radius 3 is 1.93 bits per heavy atom. The van der Waals surface area contributed by atoms with E-state index in [0.717, 1.165) is 11.1 Å². The predicted molar refractivity (Wildman–Crippen MR) is 107 cm³/mol. The highest BCUT2D eigenvalue weighted by Gasteiger charge is 2.18. The normalized spacial score (nSPS) is 11.4. The Balaban J connectivity index is 1.85. The van der Waals surface area contributed by atoms with Crippen molar-refractivity contribution in [2.45, 2.75) is 19.3 Å². The molecule has 0 spiro atoms. The molecule has 0 saturated heterocycles. The lowest BCUT2D eigenvalue weighted by molar-refractivity contribution is 0.180. The summed E-state index contributed by atoms with van der Waals surface area (Å²) in [6, 6.07) is 21.6. The predicted octanol–water partition coefficient (Wildman–Crippen LogP) is 5.33. The monoisotopic (exact) mass is 393 g/mol. The van der Waals surface area contributed by atoms with Gasteiger partial charge in [-0.2, -0.15) is 0 Å². The second-order valence-electron chi connectivity index (χ2n) is 6.30. The molecule has 148 valence electrons. The molecule has 0 aromatic heterocycles. The second kappa shape index (κ2) is 10.1. The Morgan fingerprint density at radius 1 is 0.897 bits per heavy atom. The van der Waals surface area contributed by atoms with Crippen molar-refractivity contribution in [2.24, 2.45) is 5.11 Å². The first-order valence-electron chi connectivity index (χ1n) is 9.03.